The van der Waals surface area contributed by atoms with Crippen LogP contribution in [0.1, 0.15) is 40.7 Å². The third-order valence-electron chi connectivity index (χ3n) is 6.77. The number of hydrogen-bond acceptors (Lipinski definition) is 3. The minimum absolute atomic E-state index is 0.0396. The van der Waals surface area contributed by atoms with Gasteiger partial charge in [0.25, 0.3) is 5.91 Å². The molecule has 0 saturated carbocycles. The van der Waals surface area contributed by atoms with Crippen molar-refractivity contribution >= 4 is 11.8 Å². The van der Waals surface area contributed by atoms with Crippen LogP contribution in [0, 0.1) is 11.7 Å². The summed E-state index contributed by atoms with van der Waals surface area (Å²) in [6, 6.07) is 16.1. The van der Waals surface area contributed by atoms with Crippen molar-refractivity contribution in [1.82, 2.24) is 19.6 Å². The van der Waals surface area contributed by atoms with Gasteiger partial charge in [0.05, 0.1) is 6.54 Å². The van der Waals surface area contributed by atoms with Crippen LogP contribution in [0.2, 0.25) is 0 Å². The fourth-order valence-electron chi connectivity index (χ4n) is 5.09. The van der Waals surface area contributed by atoms with Gasteiger partial charge in [-0.15, -0.1) is 0 Å². The lowest BCUT2D eigenvalue weighted by molar-refractivity contribution is -0.141. The Kier molecular flexibility index (Phi) is 5.94. The maximum Gasteiger partial charge on any atom is 0.253 e. The molecular weight excluding hydrogens is 419 g/mol. The Morgan fingerprint density at radius 2 is 1.88 bits per heavy atom. The molecule has 0 radical (unpaired) electrons. The first-order valence-corrected chi connectivity index (χ1v) is 11.5. The molecule has 2 atom stereocenters. The predicted octanol–water partition coefficient (Wildman–Crippen LogP) is 3.72. The number of nitrogens with zero attached hydrogens (tertiary/aromatic N) is 4. The molecule has 0 unspecified atom stereocenters. The molecule has 6 nitrogen and oxygen atoms in total. The summed E-state index contributed by atoms with van der Waals surface area (Å²) in [5.41, 5.74) is 2.65. The number of likely N-dealkylation sites (tertiary alicyclic amines) is 2. The number of amides is 2. The SMILES string of the molecule is O=C(c1cccc(Cn2cccn2)c1)N1CC[C@H]2[C@H](CCC(=O)N2Cc2ccc(F)cc2)C1. The van der Waals surface area contributed by atoms with Gasteiger partial charge in [-0.3, -0.25) is 14.3 Å². The first kappa shape index (κ1) is 21.4. The van der Waals surface area contributed by atoms with Gasteiger partial charge in [-0.25, -0.2) is 4.39 Å². The van der Waals surface area contributed by atoms with Gasteiger partial charge in [-0.2, -0.15) is 5.10 Å². The Bertz CT molecular complexity index is 1130. The van der Waals surface area contributed by atoms with Crippen LogP contribution in [-0.4, -0.2) is 50.5 Å². The van der Waals surface area contributed by atoms with Gasteiger partial charge in [0.2, 0.25) is 5.91 Å². The van der Waals surface area contributed by atoms with Gasteiger partial charge in [0, 0.05) is 50.1 Å². The van der Waals surface area contributed by atoms with E-state index >= 15 is 0 Å². The Morgan fingerprint density at radius 3 is 2.67 bits per heavy atom. The average molecular weight is 447 g/mol. The van der Waals surface area contributed by atoms with Crippen molar-refractivity contribution in [3.63, 3.8) is 0 Å². The van der Waals surface area contributed by atoms with Crippen LogP contribution in [0.4, 0.5) is 4.39 Å². The largest absolute Gasteiger partial charge is 0.338 e. The topological polar surface area (TPSA) is 58.4 Å². The van der Waals surface area contributed by atoms with E-state index in [9.17, 15) is 14.0 Å². The summed E-state index contributed by atoms with van der Waals surface area (Å²) in [5.74, 6) is 0.166. The quantitative estimate of drug-likeness (QED) is 0.600. The first-order valence-electron chi connectivity index (χ1n) is 11.5. The molecule has 3 aromatic rings. The Labute approximate surface area is 192 Å². The van der Waals surface area contributed by atoms with Gasteiger partial charge in [0.1, 0.15) is 5.82 Å². The van der Waals surface area contributed by atoms with Crippen molar-refractivity contribution in [2.45, 2.75) is 38.4 Å². The number of fused-ring (bicyclic) bond motifs is 1. The molecule has 5 rings (SSSR count). The number of carbonyl (C=O) groups excluding carboxylic acids is 2. The minimum Gasteiger partial charge on any atom is -0.338 e. The molecular formula is C26H27FN4O2. The molecule has 0 spiro atoms. The highest BCUT2D eigenvalue weighted by Gasteiger charge is 2.40. The summed E-state index contributed by atoms with van der Waals surface area (Å²) in [6.07, 6.45) is 5.70. The van der Waals surface area contributed by atoms with Crippen LogP contribution in [-0.2, 0) is 17.9 Å². The molecule has 3 heterocycles. The van der Waals surface area contributed by atoms with Crippen molar-refractivity contribution in [1.29, 1.82) is 0 Å². The summed E-state index contributed by atoms with van der Waals surface area (Å²) in [5, 5.41) is 4.24. The van der Waals surface area contributed by atoms with Crippen LogP contribution in [0.5, 0.6) is 0 Å². The molecule has 0 bridgehead atoms. The van der Waals surface area contributed by atoms with Crippen molar-refractivity contribution in [2.75, 3.05) is 13.1 Å². The second-order valence-electron chi connectivity index (χ2n) is 8.96. The van der Waals surface area contributed by atoms with Gasteiger partial charge >= 0.3 is 0 Å². The summed E-state index contributed by atoms with van der Waals surface area (Å²) >= 11 is 0. The van der Waals surface area contributed by atoms with E-state index in [0.717, 1.165) is 24.0 Å². The molecule has 0 aliphatic carbocycles. The molecule has 2 aromatic carbocycles. The highest BCUT2D eigenvalue weighted by Crippen LogP contribution is 2.33. The molecule has 2 fully saturated rings. The Balaban J connectivity index is 1.26. The second-order valence-corrected chi connectivity index (χ2v) is 8.96. The third-order valence-corrected chi connectivity index (χ3v) is 6.77. The van der Waals surface area contributed by atoms with Crippen molar-refractivity contribution in [2.24, 2.45) is 5.92 Å². The predicted molar refractivity (Wildman–Crippen MR) is 122 cm³/mol. The van der Waals surface area contributed by atoms with Gasteiger partial charge < -0.3 is 9.80 Å². The fourth-order valence-corrected chi connectivity index (χ4v) is 5.09. The molecule has 0 N–H and O–H groups in total. The molecule has 33 heavy (non-hydrogen) atoms. The van der Waals surface area contributed by atoms with Gasteiger partial charge in [-0.05, 0) is 60.2 Å². The summed E-state index contributed by atoms with van der Waals surface area (Å²) in [6.45, 7) is 2.39. The van der Waals surface area contributed by atoms with Crippen LogP contribution < -0.4 is 0 Å². The van der Waals surface area contributed by atoms with Crippen LogP contribution >= 0.6 is 0 Å². The van der Waals surface area contributed by atoms with Crippen LogP contribution in [0.3, 0.4) is 0 Å². The molecule has 2 aliphatic heterocycles. The highest BCUT2D eigenvalue weighted by atomic mass is 19.1. The second kappa shape index (κ2) is 9.17. The molecule has 2 amide bonds. The smallest absolute Gasteiger partial charge is 0.253 e. The molecule has 170 valence electrons. The summed E-state index contributed by atoms with van der Waals surface area (Å²) in [4.78, 5) is 29.8. The molecule has 2 aliphatic rings. The van der Waals surface area contributed by atoms with Crippen molar-refractivity contribution < 1.29 is 14.0 Å². The zero-order chi connectivity index (χ0) is 22.8. The van der Waals surface area contributed by atoms with E-state index in [2.05, 4.69) is 5.10 Å². The lowest BCUT2D eigenvalue weighted by atomic mass is 9.83. The highest BCUT2D eigenvalue weighted by molar-refractivity contribution is 5.94. The zero-order valence-corrected chi connectivity index (χ0v) is 18.4. The Morgan fingerprint density at radius 1 is 1.03 bits per heavy atom. The normalized spacial score (nSPS) is 20.6. The number of halogens is 1. The number of benzene rings is 2. The Hall–Kier alpha value is -3.48. The first-order chi connectivity index (χ1) is 16.1. The summed E-state index contributed by atoms with van der Waals surface area (Å²) < 4.78 is 15.1. The standard InChI is InChI=1S/C26H27FN4O2/c27-23-8-5-19(6-9-23)17-31-24-11-14-29(18-22(24)7-10-25(31)32)26(33)21-4-1-3-20(15-21)16-30-13-2-12-28-30/h1-6,8-9,12-13,15,22,24H,7,10-11,14,16-18H2/t22-,24+/m1/s1. The van der Waals surface area contributed by atoms with E-state index < -0.39 is 0 Å². The van der Waals surface area contributed by atoms with Gasteiger partial charge in [-0.1, -0.05) is 24.3 Å². The van der Waals surface area contributed by atoms with E-state index in [1.165, 1.54) is 12.1 Å². The number of carbonyl (C=O) groups is 2. The molecule has 1 aromatic heterocycles. The fraction of sp³-hybridized carbons (Fsp3) is 0.346. The van der Waals surface area contributed by atoms with E-state index in [0.29, 0.717) is 38.2 Å². The molecule has 7 heteroatoms. The number of piperidine rings is 2. The van der Waals surface area contributed by atoms with Crippen molar-refractivity contribution in [3.05, 3.63) is 89.5 Å². The van der Waals surface area contributed by atoms with Crippen LogP contribution in [0.25, 0.3) is 0 Å². The van der Waals surface area contributed by atoms with Gasteiger partial charge in [0.15, 0.2) is 0 Å². The number of hydrogen-bond donors (Lipinski definition) is 0. The van der Waals surface area contributed by atoms with Crippen molar-refractivity contribution in [3.8, 4) is 0 Å². The molecule has 2 saturated heterocycles. The minimum atomic E-state index is -0.276. The third kappa shape index (κ3) is 4.67. The number of rotatable bonds is 5. The summed E-state index contributed by atoms with van der Waals surface area (Å²) in [7, 11) is 0. The zero-order valence-electron chi connectivity index (χ0n) is 18.4. The van der Waals surface area contributed by atoms with E-state index in [1.54, 1.807) is 18.3 Å². The number of aromatic nitrogens is 2. The monoisotopic (exact) mass is 446 g/mol. The maximum atomic E-state index is 13.3. The van der Waals surface area contributed by atoms with E-state index in [4.69, 9.17) is 0 Å². The lowest BCUT2D eigenvalue weighted by Crippen LogP contribution is -2.56. The average Bonchev–Trinajstić information content (AvgIpc) is 3.34. The van der Waals surface area contributed by atoms with E-state index in [1.807, 2.05) is 51.0 Å². The van der Waals surface area contributed by atoms with Crippen LogP contribution in [0.15, 0.2) is 67.0 Å². The lowest BCUT2D eigenvalue weighted by Gasteiger charge is -2.47. The van der Waals surface area contributed by atoms with E-state index in [-0.39, 0.29) is 29.6 Å². The maximum absolute atomic E-state index is 13.3.